The Balaban J connectivity index is 3.34. The van der Waals surface area contributed by atoms with Crippen LogP contribution < -0.4 is 10.6 Å². The second-order valence-electron chi connectivity index (χ2n) is 3.62. The van der Waals surface area contributed by atoms with Crippen molar-refractivity contribution in [2.75, 3.05) is 4.90 Å². The van der Waals surface area contributed by atoms with Crippen LogP contribution in [0, 0.1) is 11.3 Å². The van der Waals surface area contributed by atoms with Crippen LogP contribution in [0.3, 0.4) is 0 Å². The van der Waals surface area contributed by atoms with Crippen molar-refractivity contribution in [3.05, 3.63) is 29.8 Å². The summed E-state index contributed by atoms with van der Waals surface area (Å²) in [7, 11) is 0. The lowest BCUT2D eigenvalue weighted by molar-refractivity contribution is -0.171. The first kappa shape index (κ1) is 15.5. The van der Waals surface area contributed by atoms with Crippen molar-refractivity contribution < 1.29 is 27.9 Å². The van der Waals surface area contributed by atoms with Crippen LogP contribution in [0.2, 0.25) is 0 Å². The second-order valence-corrected chi connectivity index (χ2v) is 3.62. The van der Waals surface area contributed by atoms with Crippen molar-refractivity contribution >= 4 is 17.6 Å². The SMILES string of the molecule is N#Cc1cccc(N(C(=O)C(F)(F)F)C(N)C(=O)O)c1. The number of nitrogens with zero attached hydrogens (tertiary/aromatic N) is 2. The highest BCUT2D eigenvalue weighted by Crippen LogP contribution is 2.25. The molecule has 0 saturated carbocycles. The number of carbonyl (C=O) groups is 2. The Morgan fingerprint density at radius 2 is 2.00 bits per heavy atom. The molecule has 106 valence electrons. The van der Waals surface area contributed by atoms with Crippen molar-refractivity contribution in [3.63, 3.8) is 0 Å². The first-order chi connectivity index (χ1) is 9.18. The number of benzene rings is 1. The molecule has 1 aromatic carbocycles. The number of aliphatic carboxylic acids is 1. The zero-order chi connectivity index (χ0) is 15.5. The summed E-state index contributed by atoms with van der Waals surface area (Å²) < 4.78 is 37.5. The number of rotatable bonds is 3. The molecule has 0 aliphatic rings. The van der Waals surface area contributed by atoms with E-state index in [-0.39, 0.29) is 10.5 Å². The molecule has 1 amide bonds. The van der Waals surface area contributed by atoms with E-state index in [4.69, 9.17) is 16.1 Å². The maximum absolute atomic E-state index is 12.5. The molecular weight excluding hydrogens is 279 g/mol. The van der Waals surface area contributed by atoms with E-state index >= 15 is 0 Å². The van der Waals surface area contributed by atoms with Gasteiger partial charge in [0.2, 0.25) is 0 Å². The minimum atomic E-state index is -5.30. The number of hydrogen-bond acceptors (Lipinski definition) is 4. The summed E-state index contributed by atoms with van der Waals surface area (Å²) in [6, 6.07) is 6.14. The van der Waals surface area contributed by atoms with Gasteiger partial charge in [0.05, 0.1) is 11.6 Å². The molecule has 20 heavy (non-hydrogen) atoms. The number of halogens is 3. The Kier molecular flexibility index (Phi) is 4.31. The van der Waals surface area contributed by atoms with E-state index in [0.29, 0.717) is 0 Å². The molecule has 9 heteroatoms. The van der Waals surface area contributed by atoms with Gasteiger partial charge in [-0.05, 0) is 18.2 Å². The van der Waals surface area contributed by atoms with E-state index in [1.165, 1.54) is 12.1 Å². The molecule has 0 saturated heterocycles. The van der Waals surface area contributed by atoms with Crippen molar-refractivity contribution in [3.8, 4) is 6.07 Å². The quantitative estimate of drug-likeness (QED) is 0.800. The summed E-state index contributed by atoms with van der Waals surface area (Å²) in [5.41, 5.74) is 4.63. The number of hydrogen-bond donors (Lipinski definition) is 2. The third-order valence-corrected chi connectivity index (χ3v) is 2.25. The fourth-order valence-electron chi connectivity index (χ4n) is 1.38. The normalized spacial score (nSPS) is 12.3. The summed E-state index contributed by atoms with van der Waals surface area (Å²) >= 11 is 0. The smallest absolute Gasteiger partial charge is 0.471 e. The molecular formula is C11H8F3N3O3. The Hall–Kier alpha value is -2.60. The molecule has 0 aliphatic heterocycles. The first-order valence-electron chi connectivity index (χ1n) is 5.07. The van der Waals surface area contributed by atoms with Crippen molar-refractivity contribution in [2.24, 2.45) is 5.73 Å². The second kappa shape index (κ2) is 5.58. The van der Waals surface area contributed by atoms with Gasteiger partial charge in [0.15, 0.2) is 6.17 Å². The standard InChI is InChI=1S/C11H8F3N3O3/c12-11(13,14)10(20)17(8(16)9(18)19)7-3-1-2-6(4-7)5-15/h1-4,8H,16H2,(H,18,19). The first-order valence-corrected chi connectivity index (χ1v) is 5.07. The van der Waals surface area contributed by atoms with Crippen LogP contribution in [0.15, 0.2) is 24.3 Å². The zero-order valence-electron chi connectivity index (χ0n) is 9.76. The molecule has 1 atom stereocenters. The molecule has 1 rings (SSSR count). The average Bonchev–Trinajstić information content (AvgIpc) is 2.37. The minimum absolute atomic E-state index is 0.0416. The van der Waals surface area contributed by atoms with E-state index in [9.17, 15) is 22.8 Å². The minimum Gasteiger partial charge on any atom is -0.479 e. The van der Waals surface area contributed by atoms with Crippen LogP contribution in [-0.2, 0) is 9.59 Å². The number of anilines is 1. The van der Waals surface area contributed by atoms with E-state index in [1.807, 2.05) is 0 Å². The van der Waals surface area contributed by atoms with Gasteiger partial charge >= 0.3 is 18.1 Å². The largest absolute Gasteiger partial charge is 0.479 e. The van der Waals surface area contributed by atoms with Gasteiger partial charge in [-0.2, -0.15) is 18.4 Å². The molecule has 1 unspecified atom stereocenters. The van der Waals surface area contributed by atoms with Crippen LogP contribution >= 0.6 is 0 Å². The number of carboxylic acid groups (broad SMARTS) is 1. The van der Waals surface area contributed by atoms with Gasteiger partial charge in [0.25, 0.3) is 0 Å². The number of nitriles is 1. The summed E-state index contributed by atoms with van der Waals surface area (Å²) in [5, 5.41) is 17.4. The molecule has 0 aliphatic carbocycles. The van der Waals surface area contributed by atoms with Gasteiger partial charge in [-0.15, -0.1) is 0 Å². The zero-order valence-corrected chi connectivity index (χ0v) is 9.76. The molecule has 0 radical (unpaired) electrons. The van der Waals surface area contributed by atoms with E-state index < -0.39 is 29.9 Å². The van der Waals surface area contributed by atoms with Gasteiger partial charge in [-0.1, -0.05) is 6.07 Å². The van der Waals surface area contributed by atoms with E-state index in [2.05, 4.69) is 0 Å². The van der Waals surface area contributed by atoms with Crippen molar-refractivity contribution in [1.29, 1.82) is 5.26 Å². The Labute approximate surface area is 110 Å². The van der Waals surface area contributed by atoms with Gasteiger partial charge in [-0.25, -0.2) is 4.79 Å². The lowest BCUT2D eigenvalue weighted by Gasteiger charge is -2.27. The summed E-state index contributed by atoms with van der Waals surface area (Å²) in [6.45, 7) is 0. The van der Waals surface area contributed by atoms with Crippen LogP contribution in [0.25, 0.3) is 0 Å². The molecule has 0 aromatic heterocycles. The molecule has 6 nitrogen and oxygen atoms in total. The van der Waals surface area contributed by atoms with Crippen LogP contribution in [0.5, 0.6) is 0 Å². The Morgan fingerprint density at radius 3 is 2.45 bits per heavy atom. The molecule has 0 bridgehead atoms. The highest BCUT2D eigenvalue weighted by Gasteiger charge is 2.46. The predicted molar refractivity (Wildman–Crippen MR) is 60.3 cm³/mol. The topological polar surface area (TPSA) is 107 Å². The highest BCUT2D eigenvalue weighted by atomic mass is 19.4. The number of amides is 1. The maximum atomic E-state index is 12.5. The number of carbonyl (C=O) groups excluding carboxylic acids is 1. The lowest BCUT2D eigenvalue weighted by Crippen LogP contribution is -2.55. The van der Waals surface area contributed by atoms with Crippen LogP contribution in [0.4, 0.5) is 18.9 Å². The molecule has 0 fully saturated rings. The number of nitrogens with two attached hydrogens (primary N) is 1. The lowest BCUT2D eigenvalue weighted by atomic mass is 10.2. The van der Waals surface area contributed by atoms with Crippen molar-refractivity contribution in [2.45, 2.75) is 12.3 Å². The third-order valence-electron chi connectivity index (χ3n) is 2.25. The maximum Gasteiger partial charge on any atom is 0.471 e. The third kappa shape index (κ3) is 3.24. The van der Waals surface area contributed by atoms with E-state index in [1.54, 1.807) is 6.07 Å². The molecule has 0 spiro atoms. The number of carboxylic acids is 1. The van der Waals surface area contributed by atoms with Gasteiger partial charge in [0.1, 0.15) is 0 Å². The van der Waals surface area contributed by atoms with Gasteiger partial charge < -0.3 is 10.8 Å². The molecule has 0 heterocycles. The summed E-state index contributed by atoms with van der Waals surface area (Å²) in [4.78, 5) is 21.9. The Morgan fingerprint density at radius 1 is 1.40 bits per heavy atom. The fraction of sp³-hybridized carbons (Fsp3) is 0.182. The average molecular weight is 287 g/mol. The summed E-state index contributed by atoms with van der Waals surface area (Å²) in [6.07, 6.45) is -7.52. The van der Waals surface area contributed by atoms with Gasteiger partial charge in [0, 0.05) is 5.69 Å². The predicted octanol–water partition coefficient (Wildman–Crippen LogP) is 0.823. The highest BCUT2D eigenvalue weighted by molar-refractivity contribution is 6.01. The summed E-state index contributed by atoms with van der Waals surface area (Å²) in [5.74, 6) is -4.24. The van der Waals surface area contributed by atoms with E-state index in [0.717, 1.165) is 12.1 Å². The van der Waals surface area contributed by atoms with Crippen LogP contribution in [0.1, 0.15) is 5.56 Å². The molecule has 1 aromatic rings. The van der Waals surface area contributed by atoms with Crippen molar-refractivity contribution in [1.82, 2.24) is 0 Å². The van der Waals surface area contributed by atoms with Crippen LogP contribution in [-0.4, -0.2) is 29.3 Å². The fourth-order valence-corrected chi connectivity index (χ4v) is 1.38. The Bertz CT molecular complexity index is 580. The van der Waals surface area contributed by atoms with Gasteiger partial charge in [-0.3, -0.25) is 9.69 Å². The monoisotopic (exact) mass is 287 g/mol. The molecule has 3 N–H and O–H groups in total. The number of alkyl halides is 3.